The topological polar surface area (TPSA) is 21.5 Å². The van der Waals surface area contributed by atoms with E-state index in [0.29, 0.717) is 5.69 Å². The summed E-state index contributed by atoms with van der Waals surface area (Å²) in [7, 11) is 0. The van der Waals surface area contributed by atoms with Crippen molar-refractivity contribution in [3.8, 4) is 11.1 Å². The highest BCUT2D eigenvalue weighted by molar-refractivity contribution is 5.94. The average molecular weight is 271 g/mol. The Morgan fingerprint density at radius 3 is 2.38 bits per heavy atom. The minimum absolute atomic E-state index is 0.702. The molecule has 0 spiro atoms. The molecule has 0 saturated heterocycles. The highest BCUT2D eigenvalue weighted by atomic mass is 16.1. The minimum Gasteiger partial charge on any atom is -0.306 e. The Hall–Kier alpha value is -2.87. The third kappa shape index (κ3) is 1.77. The normalized spacial score (nSPS) is 11.0. The van der Waals surface area contributed by atoms with Gasteiger partial charge >= 0.3 is 0 Å². The summed E-state index contributed by atoms with van der Waals surface area (Å²) >= 11 is 0. The van der Waals surface area contributed by atoms with Crippen LogP contribution in [0.5, 0.6) is 0 Å². The molecule has 0 aliphatic heterocycles. The maximum atomic E-state index is 11.7. The number of aromatic nitrogens is 1. The number of nitrogens with zero attached hydrogens (tertiary/aromatic N) is 1. The number of benzene rings is 2. The zero-order valence-corrected chi connectivity index (χ0v) is 11.4. The fraction of sp³-hybridized carbons (Fsp3) is 0. The molecule has 4 aromatic rings. The van der Waals surface area contributed by atoms with Gasteiger partial charge in [0.1, 0.15) is 0 Å². The number of carbonyl (C=O) groups is 1. The SMILES string of the molecule is O=Cc1c(-c2ccccc2)cc2ccc3ccccc3n12. The molecule has 0 bridgehead atoms. The van der Waals surface area contributed by atoms with Crippen molar-refractivity contribution in [1.82, 2.24) is 4.40 Å². The molecule has 4 rings (SSSR count). The number of hydrogen-bond acceptors (Lipinski definition) is 1. The maximum absolute atomic E-state index is 11.7. The summed E-state index contributed by atoms with van der Waals surface area (Å²) in [6.45, 7) is 0. The molecule has 0 fully saturated rings. The summed E-state index contributed by atoms with van der Waals surface area (Å²) in [5.41, 5.74) is 4.83. The van der Waals surface area contributed by atoms with Crippen molar-refractivity contribution in [2.45, 2.75) is 0 Å². The van der Waals surface area contributed by atoms with E-state index in [4.69, 9.17) is 0 Å². The molecule has 2 heterocycles. The van der Waals surface area contributed by atoms with Crippen LogP contribution in [0.3, 0.4) is 0 Å². The van der Waals surface area contributed by atoms with E-state index >= 15 is 0 Å². The van der Waals surface area contributed by atoms with Gasteiger partial charge in [-0.25, -0.2) is 0 Å². The van der Waals surface area contributed by atoms with Crippen molar-refractivity contribution in [1.29, 1.82) is 0 Å². The van der Waals surface area contributed by atoms with Crippen molar-refractivity contribution in [3.05, 3.63) is 78.5 Å². The van der Waals surface area contributed by atoms with E-state index < -0.39 is 0 Å². The molecule has 2 nitrogen and oxygen atoms in total. The quantitative estimate of drug-likeness (QED) is 0.489. The first kappa shape index (κ1) is 11.9. The minimum atomic E-state index is 0.702. The van der Waals surface area contributed by atoms with Gasteiger partial charge in [0.05, 0.1) is 11.2 Å². The number of para-hydroxylation sites is 1. The van der Waals surface area contributed by atoms with Crippen LogP contribution >= 0.6 is 0 Å². The van der Waals surface area contributed by atoms with E-state index in [1.807, 2.05) is 52.9 Å². The van der Waals surface area contributed by atoms with Crippen molar-refractivity contribution >= 4 is 22.7 Å². The van der Waals surface area contributed by atoms with Gasteiger partial charge < -0.3 is 4.40 Å². The molecule has 0 aliphatic rings. The molecule has 100 valence electrons. The second-order valence-corrected chi connectivity index (χ2v) is 5.08. The summed E-state index contributed by atoms with van der Waals surface area (Å²) in [6.07, 6.45) is 0.946. The largest absolute Gasteiger partial charge is 0.306 e. The Balaban J connectivity index is 2.15. The highest BCUT2D eigenvalue weighted by Crippen LogP contribution is 2.29. The van der Waals surface area contributed by atoms with E-state index in [1.54, 1.807) is 0 Å². The van der Waals surface area contributed by atoms with E-state index in [9.17, 15) is 4.79 Å². The average Bonchev–Trinajstić information content (AvgIpc) is 2.94. The third-order valence-electron chi connectivity index (χ3n) is 3.88. The molecule has 21 heavy (non-hydrogen) atoms. The van der Waals surface area contributed by atoms with E-state index in [1.165, 1.54) is 0 Å². The number of hydrogen-bond donors (Lipinski definition) is 0. The monoisotopic (exact) mass is 271 g/mol. The Kier molecular flexibility index (Phi) is 2.61. The Morgan fingerprint density at radius 1 is 0.810 bits per heavy atom. The number of carbonyl (C=O) groups excluding carboxylic acids is 1. The summed E-state index contributed by atoms with van der Waals surface area (Å²) in [6, 6.07) is 24.4. The van der Waals surface area contributed by atoms with Crippen LogP contribution in [0.1, 0.15) is 10.5 Å². The molecule has 2 aromatic heterocycles. The highest BCUT2D eigenvalue weighted by Gasteiger charge is 2.12. The number of rotatable bonds is 2. The van der Waals surface area contributed by atoms with Gasteiger partial charge in [-0.2, -0.15) is 0 Å². The van der Waals surface area contributed by atoms with Gasteiger partial charge in [0.15, 0.2) is 6.29 Å². The lowest BCUT2D eigenvalue weighted by Gasteiger charge is -2.05. The second-order valence-electron chi connectivity index (χ2n) is 5.08. The van der Waals surface area contributed by atoms with Crippen LogP contribution in [-0.4, -0.2) is 10.7 Å². The molecular formula is C19H13NO. The summed E-state index contributed by atoms with van der Waals surface area (Å²) in [5, 5.41) is 1.13. The van der Waals surface area contributed by atoms with Crippen LogP contribution in [0.2, 0.25) is 0 Å². The van der Waals surface area contributed by atoms with Gasteiger partial charge in [-0.15, -0.1) is 0 Å². The van der Waals surface area contributed by atoms with E-state index in [0.717, 1.165) is 33.8 Å². The fourth-order valence-corrected chi connectivity index (χ4v) is 2.91. The zero-order valence-electron chi connectivity index (χ0n) is 11.4. The predicted molar refractivity (Wildman–Crippen MR) is 85.7 cm³/mol. The molecule has 2 heteroatoms. The van der Waals surface area contributed by atoms with Gasteiger partial charge in [0, 0.05) is 11.1 Å². The lowest BCUT2D eigenvalue weighted by Crippen LogP contribution is -1.94. The number of fused-ring (bicyclic) bond motifs is 3. The number of aldehydes is 1. The summed E-state index contributed by atoms with van der Waals surface area (Å²) in [5.74, 6) is 0. The second kappa shape index (κ2) is 4.60. The van der Waals surface area contributed by atoms with Gasteiger partial charge in [0.25, 0.3) is 0 Å². The molecule has 0 unspecified atom stereocenters. The van der Waals surface area contributed by atoms with Crippen molar-refractivity contribution < 1.29 is 4.79 Å². The zero-order chi connectivity index (χ0) is 14.2. The standard InChI is InChI=1S/C19H13NO/c21-13-19-17(14-6-2-1-3-7-14)12-16-11-10-15-8-4-5-9-18(15)20(16)19/h1-13H. The van der Waals surface area contributed by atoms with Crippen LogP contribution in [0, 0.1) is 0 Å². The predicted octanol–water partition coefficient (Wildman–Crippen LogP) is 4.57. The third-order valence-corrected chi connectivity index (χ3v) is 3.88. The van der Waals surface area contributed by atoms with Crippen LogP contribution in [0.25, 0.3) is 27.5 Å². The molecule has 2 aromatic carbocycles. The van der Waals surface area contributed by atoms with Crippen LogP contribution in [0.15, 0.2) is 72.8 Å². The summed E-state index contributed by atoms with van der Waals surface area (Å²) in [4.78, 5) is 11.7. The Morgan fingerprint density at radius 2 is 1.57 bits per heavy atom. The van der Waals surface area contributed by atoms with Crippen LogP contribution in [-0.2, 0) is 0 Å². The lowest BCUT2D eigenvalue weighted by molar-refractivity contribution is 0.111. The van der Waals surface area contributed by atoms with Crippen LogP contribution < -0.4 is 0 Å². The van der Waals surface area contributed by atoms with E-state index in [-0.39, 0.29) is 0 Å². The van der Waals surface area contributed by atoms with Gasteiger partial charge in [-0.3, -0.25) is 4.79 Å². The van der Waals surface area contributed by atoms with Crippen molar-refractivity contribution in [2.24, 2.45) is 0 Å². The Bertz CT molecular complexity index is 951. The molecule has 0 aliphatic carbocycles. The van der Waals surface area contributed by atoms with Crippen molar-refractivity contribution in [3.63, 3.8) is 0 Å². The molecule has 0 saturated carbocycles. The molecule has 0 radical (unpaired) electrons. The van der Waals surface area contributed by atoms with Crippen molar-refractivity contribution in [2.75, 3.05) is 0 Å². The first-order valence-electron chi connectivity index (χ1n) is 6.92. The molecule has 0 amide bonds. The first-order valence-corrected chi connectivity index (χ1v) is 6.92. The van der Waals surface area contributed by atoms with Gasteiger partial charge in [-0.05, 0) is 29.1 Å². The molecule has 0 atom stereocenters. The molecule has 0 N–H and O–H groups in total. The van der Waals surface area contributed by atoms with E-state index in [2.05, 4.69) is 24.3 Å². The van der Waals surface area contributed by atoms with Gasteiger partial charge in [-0.1, -0.05) is 54.6 Å². The molecular weight excluding hydrogens is 258 g/mol. The smallest absolute Gasteiger partial charge is 0.167 e. The lowest BCUT2D eigenvalue weighted by atomic mass is 10.1. The van der Waals surface area contributed by atoms with Crippen LogP contribution in [0.4, 0.5) is 0 Å². The number of pyridine rings is 1. The first-order chi connectivity index (χ1) is 10.4. The van der Waals surface area contributed by atoms with Gasteiger partial charge in [0.2, 0.25) is 0 Å². The maximum Gasteiger partial charge on any atom is 0.167 e. The summed E-state index contributed by atoms with van der Waals surface area (Å²) < 4.78 is 2.03. The fourth-order valence-electron chi connectivity index (χ4n) is 2.91. The Labute approximate surface area is 122 Å².